The largest absolute Gasteiger partial charge is 0.378 e. The van der Waals surface area contributed by atoms with E-state index in [1.165, 1.54) is 11.3 Å². The fourth-order valence-electron chi connectivity index (χ4n) is 1.05. The molecule has 1 aromatic carbocycles. The summed E-state index contributed by atoms with van der Waals surface area (Å²) in [5, 5.41) is 0. The molecule has 0 amide bonds. The lowest BCUT2D eigenvalue weighted by atomic mass is 10.1. The summed E-state index contributed by atoms with van der Waals surface area (Å²) in [6.45, 7) is 2.18. The predicted octanol–water partition coefficient (Wildman–Crippen LogP) is 2.56. The highest BCUT2D eigenvalue weighted by atomic mass is 15.1. The molecule has 0 atom stereocenters. The van der Waals surface area contributed by atoms with E-state index in [9.17, 15) is 0 Å². The molecule has 0 N–H and O–H groups in total. The average molecular weight is 151 g/mol. The van der Waals surface area contributed by atoms with E-state index in [0.717, 1.165) is 6.42 Å². The monoisotopic (exact) mass is 151 g/mol. The second kappa shape index (κ2) is 3.42. The first-order valence-corrected chi connectivity index (χ1v) is 4.00. The second-order valence-electron chi connectivity index (χ2n) is 2.92. The van der Waals surface area contributed by atoms with Crippen LogP contribution in [-0.4, -0.2) is 14.1 Å². The zero-order valence-corrected chi connectivity index (χ0v) is 7.46. The van der Waals surface area contributed by atoms with Crippen LogP contribution in [0.4, 0.5) is 5.69 Å². The van der Waals surface area contributed by atoms with Gasteiger partial charge in [0.1, 0.15) is 0 Å². The van der Waals surface area contributed by atoms with Crippen LogP contribution in [-0.2, 0) is 6.42 Å². The molecule has 11 heavy (non-hydrogen) atoms. The quantitative estimate of drug-likeness (QED) is 0.628. The third-order valence-corrected chi connectivity index (χ3v) is 1.84. The molecule has 0 unspecified atom stereocenters. The molecule has 1 aromatic rings. The van der Waals surface area contributed by atoms with Crippen molar-refractivity contribution >= 4 is 5.69 Å². The van der Waals surface area contributed by atoms with E-state index in [-0.39, 0.29) is 1.43 Å². The molecule has 0 saturated heterocycles. The van der Waals surface area contributed by atoms with Gasteiger partial charge in [-0.25, -0.2) is 0 Å². The Kier molecular flexibility index (Phi) is 2.53. The van der Waals surface area contributed by atoms with Gasteiger partial charge in [0.15, 0.2) is 0 Å². The Morgan fingerprint density at radius 2 is 2.09 bits per heavy atom. The van der Waals surface area contributed by atoms with E-state index >= 15 is 0 Å². The first-order valence-electron chi connectivity index (χ1n) is 4.00. The fourth-order valence-corrected chi connectivity index (χ4v) is 1.05. The van der Waals surface area contributed by atoms with E-state index in [1.54, 1.807) is 0 Å². The van der Waals surface area contributed by atoms with Crippen molar-refractivity contribution in [3.05, 3.63) is 29.8 Å². The van der Waals surface area contributed by atoms with Crippen LogP contribution in [0.5, 0.6) is 0 Å². The fraction of sp³-hybridized carbons (Fsp3) is 0.400. The predicted molar refractivity (Wildman–Crippen MR) is 52.3 cm³/mol. The molecular formula is C10H17N. The van der Waals surface area contributed by atoms with Crippen molar-refractivity contribution in [2.45, 2.75) is 13.3 Å². The Morgan fingerprint density at radius 1 is 1.36 bits per heavy atom. The third-order valence-electron chi connectivity index (χ3n) is 1.84. The molecule has 0 spiro atoms. The van der Waals surface area contributed by atoms with Crippen LogP contribution in [0, 0.1) is 0 Å². The maximum absolute atomic E-state index is 2.22. The summed E-state index contributed by atoms with van der Waals surface area (Å²) in [7, 11) is 4.13. The SMILES string of the molecule is CCc1cccc(N(C)C)c1.[HH]. The van der Waals surface area contributed by atoms with Gasteiger partial charge in [-0.3, -0.25) is 0 Å². The summed E-state index contributed by atoms with van der Waals surface area (Å²) in [6, 6.07) is 8.61. The lowest BCUT2D eigenvalue weighted by molar-refractivity contribution is 1.10. The van der Waals surface area contributed by atoms with Crippen molar-refractivity contribution in [2.24, 2.45) is 0 Å². The van der Waals surface area contributed by atoms with Crippen LogP contribution < -0.4 is 4.90 Å². The van der Waals surface area contributed by atoms with E-state index < -0.39 is 0 Å². The van der Waals surface area contributed by atoms with E-state index in [4.69, 9.17) is 0 Å². The Labute approximate surface area is 70.1 Å². The number of rotatable bonds is 2. The number of hydrogen-bond donors (Lipinski definition) is 0. The number of aryl methyl sites for hydroxylation is 1. The van der Waals surface area contributed by atoms with Crippen LogP contribution in [0.2, 0.25) is 0 Å². The van der Waals surface area contributed by atoms with Crippen molar-refractivity contribution in [2.75, 3.05) is 19.0 Å². The molecule has 1 nitrogen and oxygen atoms in total. The number of nitrogens with zero attached hydrogens (tertiary/aromatic N) is 1. The summed E-state index contributed by atoms with van der Waals surface area (Å²) in [5.41, 5.74) is 2.68. The summed E-state index contributed by atoms with van der Waals surface area (Å²) < 4.78 is 0. The molecule has 0 aliphatic rings. The Balaban J connectivity index is 0.00000121. The summed E-state index contributed by atoms with van der Waals surface area (Å²) >= 11 is 0. The lowest BCUT2D eigenvalue weighted by Crippen LogP contribution is -2.08. The highest BCUT2D eigenvalue weighted by molar-refractivity contribution is 5.46. The van der Waals surface area contributed by atoms with Crippen LogP contribution in [0.1, 0.15) is 13.9 Å². The molecular weight excluding hydrogens is 134 g/mol. The highest BCUT2D eigenvalue weighted by Crippen LogP contribution is 2.13. The molecule has 0 fully saturated rings. The van der Waals surface area contributed by atoms with Gasteiger partial charge >= 0.3 is 0 Å². The molecule has 62 valence electrons. The number of benzene rings is 1. The minimum absolute atomic E-state index is 0. The lowest BCUT2D eigenvalue weighted by Gasteiger charge is -2.12. The van der Waals surface area contributed by atoms with E-state index in [2.05, 4.69) is 50.2 Å². The second-order valence-corrected chi connectivity index (χ2v) is 2.92. The highest BCUT2D eigenvalue weighted by Gasteiger charge is 1.94. The normalized spacial score (nSPS) is 9.73. The van der Waals surface area contributed by atoms with Crippen LogP contribution in [0.3, 0.4) is 0 Å². The Hall–Kier alpha value is -0.980. The number of anilines is 1. The number of hydrogen-bond acceptors (Lipinski definition) is 1. The first kappa shape index (κ1) is 8.12. The van der Waals surface area contributed by atoms with Gasteiger partial charge in [-0.05, 0) is 24.1 Å². The maximum Gasteiger partial charge on any atom is 0.0363 e. The van der Waals surface area contributed by atoms with Gasteiger partial charge in [-0.2, -0.15) is 0 Å². The first-order chi connectivity index (χ1) is 5.24. The van der Waals surface area contributed by atoms with Crippen LogP contribution in [0.15, 0.2) is 24.3 Å². The van der Waals surface area contributed by atoms with Crippen LogP contribution in [0.25, 0.3) is 0 Å². The molecule has 1 heteroatoms. The minimum atomic E-state index is 0. The molecule has 0 aromatic heterocycles. The van der Waals surface area contributed by atoms with E-state index in [0.29, 0.717) is 0 Å². The van der Waals surface area contributed by atoms with Gasteiger partial charge in [-0.1, -0.05) is 19.1 Å². The molecule has 0 saturated carbocycles. The van der Waals surface area contributed by atoms with Gasteiger partial charge in [0, 0.05) is 21.2 Å². The average Bonchev–Trinajstić information content (AvgIpc) is 2.05. The molecule has 1 rings (SSSR count). The molecule has 0 bridgehead atoms. The zero-order valence-electron chi connectivity index (χ0n) is 7.46. The van der Waals surface area contributed by atoms with Crippen molar-refractivity contribution in [1.82, 2.24) is 0 Å². The summed E-state index contributed by atoms with van der Waals surface area (Å²) in [5.74, 6) is 0. The van der Waals surface area contributed by atoms with E-state index in [1.807, 2.05) is 0 Å². The van der Waals surface area contributed by atoms with Crippen molar-refractivity contribution in [3.63, 3.8) is 0 Å². The maximum atomic E-state index is 2.22. The van der Waals surface area contributed by atoms with Crippen molar-refractivity contribution < 1.29 is 1.43 Å². The third kappa shape index (κ3) is 1.97. The standard InChI is InChI=1S/C10H15N.H2/c1-4-9-6-5-7-10(8-9)11(2)3;/h5-8H,4H2,1-3H3;1H. The molecule has 0 aliphatic heterocycles. The van der Waals surface area contributed by atoms with Gasteiger partial charge in [0.25, 0.3) is 0 Å². The minimum Gasteiger partial charge on any atom is -0.378 e. The zero-order chi connectivity index (χ0) is 8.27. The van der Waals surface area contributed by atoms with Gasteiger partial charge in [-0.15, -0.1) is 0 Å². The van der Waals surface area contributed by atoms with Crippen molar-refractivity contribution in [1.29, 1.82) is 0 Å². The molecule has 0 aliphatic carbocycles. The molecule has 0 heterocycles. The smallest absolute Gasteiger partial charge is 0.0363 e. The Morgan fingerprint density at radius 3 is 2.64 bits per heavy atom. The van der Waals surface area contributed by atoms with Gasteiger partial charge in [0.05, 0.1) is 0 Å². The Bertz CT molecular complexity index is 233. The van der Waals surface area contributed by atoms with Gasteiger partial charge < -0.3 is 4.90 Å². The topological polar surface area (TPSA) is 3.24 Å². The summed E-state index contributed by atoms with van der Waals surface area (Å²) in [4.78, 5) is 2.12. The summed E-state index contributed by atoms with van der Waals surface area (Å²) in [6.07, 6.45) is 1.11. The van der Waals surface area contributed by atoms with Crippen LogP contribution >= 0.6 is 0 Å². The molecule has 0 radical (unpaired) electrons. The van der Waals surface area contributed by atoms with Gasteiger partial charge in [0.2, 0.25) is 0 Å². The van der Waals surface area contributed by atoms with Crippen molar-refractivity contribution in [3.8, 4) is 0 Å².